The molecule has 0 saturated carbocycles. The molecule has 1 amide bonds. The molecule has 0 aliphatic carbocycles. The molecule has 0 fully saturated rings. The molecule has 0 heterocycles. The molecule has 0 aliphatic heterocycles. The van der Waals surface area contributed by atoms with Crippen molar-refractivity contribution in [3.05, 3.63) is 58.1 Å². The lowest BCUT2D eigenvalue weighted by molar-refractivity contribution is -0.130. The molecule has 0 saturated heterocycles. The highest BCUT2D eigenvalue weighted by molar-refractivity contribution is 7.91. The molecule has 0 aliphatic rings. The Kier molecular flexibility index (Phi) is 6.92. The van der Waals surface area contributed by atoms with E-state index >= 15 is 0 Å². The number of carbonyl (C=O) groups excluding carboxylic acids is 1. The smallest absolute Gasteiger partial charge is 0.223 e. The van der Waals surface area contributed by atoms with Gasteiger partial charge in [0.15, 0.2) is 9.84 Å². The van der Waals surface area contributed by atoms with Crippen LogP contribution in [0.1, 0.15) is 12.0 Å². The Bertz CT molecular complexity index is 883. The third-order valence-electron chi connectivity index (χ3n) is 3.83. The summed E-state index contributed by atoms with van der Waals surface area (Å²) in [6.07, 6.45) is -0.121. The van der Waals surface area contributed by atoms with E-state index in [1.165, 1.54) is 36.3 Å². The zero-order chi connectivity index (χ0) is 19.3. The quantitative estimate of drug-likeness (QED) is 0.689. The van der Waals surface area contributed by atoms with Gasteiger partial charge in [-0.25, -0.2) is 8.42 Å². The van der Waals surface area contributed by atoms with Crippen LogP contribution in [0.3, 0.4) is 0 Å². The van der Waals surface area contributed by atoms with Gasteiger partial charge in [-0.3, -0.25) is 4.79 Å². The fraction of sp³-hybridized carbons (Fsp3) is 0.278. The zero-order valence-electron chi connectivity index (χ0n) is 14.4. The Morgan fingerprint density at radius 1 is 1.08 bits per heavy atom. The number of amides is 1. The standard InChI is InChI=1S/C18H19Cl2NO4S/c1-21(12-13-11-15(20)5-8-17(13)25-2)18(22)9-10-26(23,24)16-6-3-14(19)4-7-16/h3-8,11H,9-10,12H2,1-2H3. The molecule has 0 aromatic heterocycles. The maximum atomic E-state index is 12.3. The minimum absolute atomic E-state index is 0.121. The summed E-state index contributed by atoms with van der Waals surface area (Å²) in [5, 5.41) is 0.988. The molecule has 0 unspecified atom stereocenters. The monoisotopic (exact) mass is 415 g/mol. The molecule has 0 spiro atoms. The van der Waals surface area contributed by atoms with E-state index in [4.69, 9.17) is 27.9 Å². The van der Waals surface area contributed by atoms with Crippen molar-refractivity contribution in [1.29, 1.82) is 0 Å². The number of methoxy groups -OCH3 is 1. The van der Waals surface area contributed by atoms with Crippen LogP contribution in [0.15, 0.2) is 47.4 Å². The highest BCUT2D eigenvalue weighted by Crippen LogP contribution is 2.24. The average molecular weight is 416 g/mol. The lowest BCUT2D eigenvalue weighted by Gasteiger charge is -2.19. The lowest BCUT2D eigenvalue weighted by Crippen LogP contribution is -2.28. The van der Waals surface area contributed by atoms with Gasteiger partial charge >= 0.3 is 0 Å². The van der Waals surface area contributed by atoms with E-state index in [9.17, 15) is 13.2 Å². The lowest BCUT2D eigenvalue weighted by atomic mass is 10.2. The van der Waals surface area contributed by atoms with Crippen LogP contribution in [0, 0.1) is 0 Å². The highest BCUT2D eigenvalue weighted by atomic mass is 35.5. The largest absolute Gasteiger partial charge is 0.496 e. The fourth-order valence-corrected chi connectivity index (χ4v) is 3.94. The van der Waals surface area contributed by atoms with Crippen molar-refractivity contribution >= 4 is 38.9 Å². The Labute approximate surface area is 163 Å². The van der Waals surface area contributed by atoms with Gasteiger partial charge in [0.1, 0.15) is 5.75 Å². The van der Waals surface area contributed by atoms with Crippen LogP contribution in [0.2, 0.25) is 10.0 Å². The third-order valence-corrected chi connectivity index (χ3v) is 6.05. The molecular formula is C18H19Cl2NO4S. The first-order valence-corrected chi connectivity index (χ1v) is 10.2. The number of nitrogens with zero attached hydrogens (tertiary/aromatic N) is 1. The second-order valence-corrected chi connectivity index (χ2v) is 8.71. The van der Waals surface area contributed by atoms with Crippen molar-refractivity contribution in [2.45, 2.75) is 17.9 Å². The van der Waals surface area contributed by atoms with Gasteiger partial charge in [-0.2, -0.15) is 0 Å². The Morgan fingerprint density at radius 3 is 2.31 bits per heavy atom. The number of benzene rings is 2. The molecule has 8 heteroatoms. The summed E-state index contributed by atoms with van der Waals surface area (Å²) in [4.78, 5) is 13.9. The van der Waals surface area contributed by atoms with E-state index in [-0.39, 0.29) is 29.5 Å². The van der Waals surface area contributed by atoms with Crippen LogP contribution in [-0.4, -0.2) is 39.1 Å². The maximum Gasteiger partial charge on any atom is 0.223 e. The number of halogens is 2. The summed E-state index contributed by atoms with van der Waals surface area (Å²) >= 11 is 11.8. The number of carbonyl (C=O) groups is 1. The molecule has 140 valence electrons. The fourth-order valence-electron chi connectivity index (χ4n) is 2.39. The minimum atomic E-state index is -3.55. The van der Waals surface area contributed by atoms with Crippen molar-refractivity contribution in [2.24, 2.45) is 0 Å². The van der Waals surface area contributed by atoms with Crippen molar-refractivity contribution in [2.75, 3.05) is 19.9 Å². The summed E-state index contributed by atoms with van der Waals surface area (Å²) in [5.74, 6) is 0.0530. The zero-order valence-corrected chi connectivity index (χ0v) is 16.7. The molecule has 0 radical (unpaired) electrons. The van der Waals surface area contributed by atoms with Gasteiger partial charge in [0.05, 0.1) is 17.8 Å². The predicted octanol–water partition coefficient (Wildman–Crippen LogP) is 3.82. The number of ether oxygens (including phenoxy) is 1. The summed E-state index contributed by atoms with van der Waals surface area (Å²) in [6.45, 7) is 0.267. The second kappa shape index (κ2) is 8.75. The Balaban J connectivity index is 2.01. The molecule has 0 bridgehead atoms. The summed E-state index contributed by atoms with van der Waals surface area (Å²) in [7, 11) is -0.406. The van der Waals surface area contributed by atoms with E-state index in [1.807, 2.05) is 0 Å². The summed E-state index contributed by atoms with van der Waals surface area (Å²) in [5.41, 5.74) is 0.747. The van der Waals surface area contributed by atoms with Crippen LogP contribution >= 0.6 is 23.2 Å². The number of sulfone groups is 1. The maximum absolute atomic E-state index is 12.3. The van der Waals surface area contributed by atoms with E-state index < -0.39 is 9.84 Å². The Hall–Kier alpha value is -1.76. The first-order chi connectivity index (χ1) is 12.2. The van der Waals surface area contributed by atoms with Crippen LogP contribution in [0.4, 0.5) is 0 Å². The number of hydrogen-bond donors (Lipinski definition) is 0. The Morgan fingerprint density at radius 2 is 1.69 bits per heavy atom. The molecule has 2 rings (SSSR count). The van der Waals surface area contributed by atoms with Crippen molar-refractivity contribution in [1.82, 2.24) is 4.90 Å². The summed E-state index contributed by atoms with van der Waals surface area (Å²) < 4.78 is 29.9. The van der Waals surface area contributed by atoms with Crippen molar-refractivity contribution in [3.63, 3.8) is 0 Å². The third kappa shape index (κ3) is 5.37. The van der Waals surface area contributed by atoms with Gasteiger partial charge in [0, 0.05) is 35.6 Å². The van der Waals surface area contributed by atoms with Gasteiger partial charge in [-0.1, -0.05) is 23.2 Å². The van der Waals surface area contributed by atoms with Gasteiger partial charge in [-0.15, -0.1) is 0 Å². The van der Waals surface area contributed by atoms with Crippen molar-refractivity contribution in [3.8, 4) is 5.75 Å². The number of hydrogen-bond acceptors (Lipinski definition) is 4. The van der Waals surface area contributed by atoms with Crippen LogP contribution in [0.5, 0.6) is 5.75 Å². The van der Waals surface area contributed by atoms with E-state index in [2.05, 4.69) is 0 Å². The van der Waals surface area contributed by atoms with Crippen LogP contribution in [0.25, 0.3) is 0 Å². The molecule has 2 aromatic rings. The minimum Gasteiger partial charge on any atom is -0.496 e. The molecule has 0 N–H and O–H groups in total. The average Bonchev–Trinajstić information content (AvgIpc) is 2.60. The summed E-state index contributed by atoms with van der Waals surface area (Å²) in [6, 6.07) is 11.0. The molecule has 0 atom stereocenters. The van der Waals surface area contributed by atoms with Gasteiger partial charge < -0.3 is 9.64 Å². The van der Waals surface area contributed by atoms with Gasteiger partial charge in [0.25, 0.3) is 0 Å². The van der Waals surface area contributed by atoms with E-state index in [0.29, 0.717) is 15.8 Å². The predicted molar refractivity (Wildman–Crippen MR) is 103 cm³/mol. The molecule has 5 nitrogen and oxygen atoms in total. The first kappa shape index (κ1) is 20.6. The highest BCUT2D eigenvalue weighted by Gasteiger charge is 2.19. The molecular weight excluding hydrogens is 397 g/mol. The van der Waals surface area contributed by atoms with Crippen LogP contribution < -0.4 is 4.74 Å². The van der Waals surface area contributed by atoms with Crippen molar-refractivity contribution < 1.29 is 17.9 Å². The van der Waals surface area contributed by atoms with Gasteiger partial charge in [0.2, 0.25) is 5.91 Å². The first-order valence-electron chi connectivity index (χ1n) is 7.77. The second-order valence-electron chi connectivity index (χ2n) is 5.73. The molecule has 2 aromatic carbocycles. The van der Waals surface area contributed by atoms with E-state index in [1.54, 1.807) is 25.2 Å². The normalized spacial score (nSPS) is 11.2. The van der Waals surface area contributed by atoms with Crippen LogP contribution in [-0.2, 0) is 21.2 Å². The van der Waals surface area contributed by atoms with Gasteiger partial charge in [-0.05, 0) is 42.5 Å². The topological polar surface area (TPSA) is 63.7 Å². The SMILES string of the molecule is COc1ccc(Cl)cc1CN(C)C(=O)CCS(=O)(=O)c1ccc(Cl)cc1. The van der Waals surface area contributed by atoms with E-state index in [0.717, 1.165) is 5.56 Å². The molecule has 26 heavy (non-hydrogen) atoms. The number of rotatable bonds is 7.